The van der Waals surface area contributed by atoms with Gasteiger partial charge >= 0.3 is 15.9 Å². The second-order valence-electron chi connectivity index (χ2n) is 6.98. The molecule has 0 fully saturated rings. The van der Waals surface area contributed by atoms with Crippen LogP contribution < -0.4 is 0 Å². The van der Waals surface area contributed by atoms with E-state index in [0.29, 0.717) is 6.42 Å². The van der Waals surface area contributed by atoms with E-state index >= 15 is 0 Å². The van der Waals surface area contributed by atoms with Crippen LogP contribution in [0.15, 0.2) is 0 Å². The number of rotatable bonds is 19. The summed E-state index contributed by atoms with van der Waals surface area (Å²) in [4.78, 5) is 17.8. The van der Waals surface area contributed by atoms with E-state index in [4.69, 9.17) is 4.89 Å². The fourth-order valence-electron chi connectivity index (χ4n) is 3.01. The van der Waals surface area contributed by atoms with Crippen LogP contribution in [0.3, 0.4) is 0 Å². The molecular formula is C18H39O5P2+. The van der Waals surface area contributed by atoms with Crippen LogP contribution in [0.25, 0.3) is 0 Å². The molecule has 0 aromatic carbocycles. The predicted octanol–water partition coefficient (Wildman–Crippen LogP) is 7.10. The molecule has 0 saturated heterocycles. The van der Waals surface area contributed by atoms with Gasteiger partial charge in [0.1, 0.15) is 0 Å². The molecule has 0 amide bonds. The summed E-state index contributed by atoms with van der Waals surface area (Å²) in [6.45, 7) is 2.26. The summed E-state index contributed by atoms with van der Waals surface area (Å²) in [5, 5.41) is 0. The van der Waals surface area contributed by atoms with Crippen molar-refractivity contribution in [1.29, 1.82) is 0 Å². The Labute approximate surface area is 155 Å². The summed E-state index contributed by atoms with van der Waals surface area (Å²) in [6, 6.07) is 0. The largest absolute Gasteiger partial charge is 0.703 e. The van der Waals surface area contributed by atoms with Crippen LogP contribution >= 0.6 is 15.9 Å². The third-order valence-corrected chi connectivity index (χ3v) is 6.95. The smallest absolute Gasteiger partial charge is 0.322 e. The van der Waals surface area contributed by atoms with Crippen LogP contribution in [0.1, 0.15) is 110 Å². The summed E-state index contributed by atoms with van der Waals surface area (Å²) in [6.07, 6.45) is 19.8. The zero-order chi connectivity index (χ0) is 18.8. The molecule has 0 rings (SSSR count). The third kappa shape index (κ3) is 20.4. The predicted molar refractivity (Wildman–Crippen MR) is 105 cm³/mol. The van der Waals surface area contributed by atoms with Gasteiger partial charge in [0.25, 0.3) is 0 Å². The van der Waals surface area contributed by atoms with Gasteiger partial charge < -0.3 is 4.89 Å². The highest BCUT2D eigenvalue weighted by Gasteiger charge is 2.31. The van der Waals surface area contributed by atoms with Crippen molar-refractivity contribution in [3.05, 3.63) is 0 Å². The Kier molecular flexibility index (Phi) is 17.8. The molecule has 0 spiro atoms. The summed E-state index contributed by atoms with van der Waals surface area (Å²) in [5.74, 6) is 0. The standard InChI is InChI=1S/C18H38O5P2/c1-2-3-4-5-6-7-8-9-10-11-12-13-14-15-16-17-18-25(21,22)23-24(19)20/h2-18H2,1H3,(H-,19,20,21,22)/p+1. The molecule has 150 valence electrons. The molecule has 5 nitrogen and oxygen atoms in total. The Bertz CT molecular complexity index is 363. The summed E-state index contributed by atoms with van der Waals surface area (Å²) in [7, 11) is -6.87. The lowest BCUT2D eigenvalue weighted by molar-refractivity contribution is 0.348. The zero-order valence-electron chi connectivity index (χ0n) is 16.0. The van der Waals surface area contributed by atoms with E-state index in [0.717, 1.165) is 19.3 Å². The van der Waals surface area contributed by atoms with Crippen LogP contribution in [0, 0.1) is 0 Å². The molecule has 0 saturated carbocycles. The molecule has 25 heavy (non-hydrogen) atoms. The van der Waals surface area contributed by atoms with Crippen LogP contribution in [-0.4, -0.2) is 15.9 Å². The van der Waals surface area contributed by atoms with Crippen molar-refractivity contribution in [2.45, 2.75) is 110 Å². The Morgan fingerprint density at radius 2 is 1.04 bits per heavy atom. The minimum atomic E-state index is -3.87. The van der Waals surface area contributed by atoms with E-state index in [-0.39, 0.29) is 6.16 Å². The highest BCUT2D eigenvalue weighted by Crippen LogP contribution is 2.50. The van der Waals surface area contributed by atoms with Crippen LogP contribution in [-0.2, 0) is 13.4 Å². The van der Waals surface area contributed by atoms with E-state index in [1.165, 1.54) is 77.0 Å². The van der Waals surface area contributed by atoms with Crippen molar-refractivity contribution in [2.24, 2.45) is 0 Å². The minimum absolute atomic E-state index is 0.0346. The van der Waals surface area contributed by atoms with Gasteiger partial charge in [-0.15, -0.1) is 4.89 Å². The number of hydrogen-bond donors (Lipinski definition) is 2. The molecule has 2 unspecified atom stereocenters. The van der Waals surface area contributed by atoms with Crippen molar-refractivity contribution < 1.29 is 23.2 Å². The number of hydrogen-bond acceptors (Lipinski definition) is 3. The van der Waals surface area contributed by atoms with Gasteiger partial charge in [0, 0.05) is 4.57 Å². The molecule has 0 heterocycles. The quantitative estimate of drug-likeness (QED) is 0.179. The van der Waals surface area contributed by atoms with Gasteiger partial charge in [0.15, 0.2) is 0 Å². The first-order chi connectivity index (χ1) is 12.0. The topological polar surface area (TPSA) is 83.8 Å². The number of unbranched alkanes of at least 4 members (excludes halogenated alkanes) is 15. The second-order valence-corrected chi connectivity index (χ2v) is 9.83. The maximum Gasteiger partial charge on any atom is 0.703 e. The van der Waals surface area contributed by atoms with Gasteiger partial charge in [0.2, 0.25) is 0 Å². The van der Waals surface area contributed by atoms with E-state index < -0.39 is 15.9 Å². The zero-order valence-corrected chi connectivity index (χ0v) is 17.8. The van der Waals surface area contributed by atoms with Crippen LogP contribution in [0.2, 0.25) is 0 Å². The lowest BCUT2D eigenvalue weighted by Crippen LogP contribution is -1.91. The van der Waals surface area contributed by atoms with Crippen molar-refractivity contribution in [2.75, 3.05) is 6.16 Å². The molecule has 0 aliphatic carbocycles. The Balaban J connectivity index is 3.19. The fourth-order valence-corrected chi connectivity index (χ4v) is 4.83. The summed E-state index contributed by atoms with van der Waals surface area (Å²) < 4.78 is 25.9. The monoisotopic (exact) mass is 397 g/mol. The van der Waals surface area contributed by atoms with Crippen molar-refractivity contribution in [3.63, 3.8) is 0 Å². The van der Waals surface area contributed by atoms with Crippen LogP contribution in [0.4, 0.5) is 0 Å². The average Bonchev–Trinajstić information content (AvgIpc) is 2.53. The molecule has 2 atom stereocenters. The maximum absolute atomic E-state index is 11.4. The van der Waals surface area contributed by atoms with E-state index in [9.17, 15) is 14.0 Å². The van der Waals surface area contributed by atoms with Gasteiger partial charge in [-0.25, -0.2) is 0 Å². The highest BCUT2D eigenvalue weighted by atomic mass is 31.2. The fraction of sp³-hybridized carbons (Fsp3) is 1.00. The Morgan fingerprint density at radius 3 is 1.36 bits per heavy atom. The van der Waals surface area contributed by atoms with Crippen molar-refractivity contribution >= 4 is 15.9 Å². The molecule has 7 heteroatoms. The first-order valence-corrected chi connectivity index (χ1v) is 13.0. The van der Waals surface area contributed by atoms with Crippen molar-refractivity contribution in [3.8, 4) is 0 Å². The highest BCUT2D eigenvalue weighted by molar-refractivity contribution is 7.59. The minimum Gasteiger partial charge on any atom is -0.322 e. The normalized spacial score (nSPS) is 14.4. The molecule has 0 aliphatic heterocycles. The lowest BCUT2D eigenvalue weighted by Gasteiger charge is -2.04. The Hall–Kier alpha value is 0.210. The molecule has 0 aliphatic rings. The third-order valence-electron chi connectivity index (χ3n) is 4.49. The maximum atomic E-state index is 11.4. The SMILES string of the molecule is CCCCCCCCCCCCCCCCCCP(=O)(O)O[P+](=O)O. The van der Waals surface area contributed by atoms with Gasteiger partial charge in [-0.2, -0.15) is 0 Å². The molecular weight excluding hydrogens is 358 g/mol. The van der Waals surface area contributed by atoms with E-state index in [2.05, 4.69) is 11.2 Å². The average molecular weight is 397 g/mol. The summed E-state index contributed by atoms with van der Waals surface area (Å²) in [5.41, 5.74) is 0. The molecule has 0 radical (unpaired) electrons. The lowest BCUT2D eigenvalue weighted by atomic mass is 10.0. The van der Waals surface area contributed by atoms with Gasteiger partial charge in [-0.1, -0.05) is 103 Å². The summed E-state index contributed by atoms with van der Waals surface area (Å²) >= 11 is 0. The molecule has 0 aromatic rings. The van der Waals surface area contributed by atoms with Gasteiger partial charge in [0.05, 0.1) is 6.16 Å². The van der Waals surface area contributed by atoms with Gasteiger partial charge in [-0.3, -0.25) is 4.57 Å². The Morgan fingerprint density at radius 1 is 0.720 bits per heavy atom. The van der Waals surface area contributed by atoms with E-state index in [1.807, 2.05) is 0 Å². The molecule has 0 aromatic heterocycles. The first-order valence-electron chi connectivity index (χ1n) is 10.2. The second kappa shape index (κ2) is 17.6. The van der Waals surface area contributed by atoms with Crippen molar-refractivity contribution in [1.82, 2.24) is 0 Å². The molecule has 2 N–H and O–H groups in total. The first kappa shape index (κ1) is 25.2. The van der Waals surface area contributed by atoms with Crippen LogP contribution in [0.5, 0.6) is 0 Å². The van der Waals surface area contributed by atoms with Gasteiger partial charge in [-0.05, 0) is 10.7 Å². The molecule has 0 bridgehead atoms. The van der Waals surface area contributed by atoms with E-state index in [1.54, 1.807) is 0 Å².